The summed E-state index contributed by atoms with van der Waals surface area (Å²) in [5.74, 6) is -0.880. The number of aromatic nitrogens is 2. The van der Waals surface area contributed by atoms with Crippen LogP contribution in [0, 0.1) is 5.82 Å². The van der Waals surface area contributed by atoms with Crippen molar-refractivity contribution < 1.29 is 27.1 Å². The summed E-state index contributed by atoms with van der Waals surface area (Å²) >= 11 is 11.7. The first-order chi connectivity index (χ1) is 19.1. The van der Waals surface area contributed by atoms with Crippen LogP contribution in [0.15, 0.2) is 60.8 Å². The van der Waals surface area contributed by atoms with Gasteiger partial charge in [-0.3, -0.25) is 9.47 Å². The van der Waals surface area contributed by atoms with E-state index in [1.54, 1.807) is 24.3 Å². The Morgan fingerprint density at radius 2 is 1.95 bits per heavy atom. The van der Waals surface area contributed by atoms with Gasteiger partial charge in [-0.05, 0) is 59.2 Å². The fourth-order valence-electron chi connectivity index (χ4n) is 4.74. The zero-order chi connectivity index (χ0) is 28.4. The molecular weight excluding hydrogens is 571 g/mol. The van der Waals surface area contributed by atoms with Crippen molar-refractivity contribution in [1.82, 2.24) is 19.8 Å². The topological polar surface area (TPSA) is 59.4 Å². The van der Waals surface area contributed by atoms with Crippen LogP contribution >= 0.6 is 23.2 Å². The predicted octanol–water partition coefficient (Wildman–Crippen LogP) is 7.21. The molecule has 1 N–H and O–H groups in total. The summed E-state index contributed by atoms with van der Waals surface area (Å²) in [6.07, 6.45) is 0.810. The number of alkyl halides is 3. The number of pyridine rings is 1. The van der Waals surface area contributed by atoms with E-state index in [9.17, 15) is 22.4 Å². The molecule has 0 aliphatic carbocycles. The molecule has 0 radical (unpaired) electrons. The van der Waals surface area contributed by atoms with Crippen LogP contribution in [-0.4, -0.2) is 39.9 Å². The van der Waals surface area contributed by atoms with Crippen molar-refractivity contribution in [2.45, 2.75) is 25.9 Å². The molecule has 3 heterocycles. The first kappa shape index (κ1) is 27.9. The van der Waals surface area contributed by atoms with Crippen LogP contribution in [0.1, 0.15) is 22.4 Å². The molecule has 0 saturated carbocycles. The van der Waals surface area contributed by atoms with Gasteiger partial charge in [-0.2, -0.15) is 0 Å². The number of fused-ring (bicyclic) bond motifs is 3. The van der Waals surface area contributed by atoms with Crippen LogP contribution in [0.5, 0.6) is 5.75 Å². The lowest BCUT2D eigenvalue weighted by Gasteiger charge is -2.27. The van der Waals surface area contributed by atoms with Gasteiger partial charge in [0, 0.05) is 49.9 Å². The molecule has 40 heavy (non-hydrogen) atoms. The van der Waals surface area contributed by atoms with E-state index in [1.807, 2.05) is 6.08 Å². The van der Waals surface area contributed by atoms with Crippen LogP contribution in [-0.2, 0) is 19.5 Å². The zero-order valence-corrected chi connectivity index (χ0v) is 22.3. The maximum absolute atomic E-state index is 13.7. The van der Waals surface area contributed by atoms with Gasteiger partial charge in [0.1, 0.15) is 16.7 Å². The number of nitrogens with one attached hydrogen (secondary N) is 1. The Labute approximate surface area is 236 Å². The standard InChI is InChI=1S/C28H22Cl2F4N4O2/c29-22-5-3-17(12-23(22)31)2-1-10-37-11-8-25-21(16-37)20-14-19(40-28(32,33)34)4-6-24(20)38(25)27(39)36-15-18-7-9-35-26(30)13-18/h1-7,9,12-14H,8,10-11,15-16H2,(H,36,39)/b2-1+. The van der Waals surface area contributed by atoms with Gasteiger partial charge in [0.05, 0.1) is 10.5 Å². The lowest BCUT2D eigenvalue weighted by molar-refractivity contribution is -0.274. The molecule has 12 heteroatoms. The fraction of sp³-hybridized carbons (Fsp3) is 0.214. The molecule has 5 rings (SSSR count). The van der Waals surface area contributed by atoms with Crippen LogP contribution < -0.4 is 10.1 Å². The summed E-state index contributed by atoms with van der Waals surface area (Å²) < 4.78 is 58.2. The van der Waals surface area contributed by atoms with E-state index in [0.717, 1.165) is 11.1 Å². The van der Waals surface area contributed by atoms with Gasteiger partial charge in [0.25, 0.3) is 0 Å². The van der Waals surface area contributed by atoms with E-state index in [0.29, 0.717) is 53.4 Å². The average Bonchev–Trinajstić information content (AvgIpc) is 3.21. The second kappa shape index (κ2) is 11.5. The molecule has 6 nitrogen and oxygen atoms in total. The van der Waals surface area contributed by atoms with E-state index >= 15 is 0 Å². The molecule has 2 aromatic heterocycles. The Morgan fingerprint density at radius 3 is 2.70 bits per heavy atom. The molecule has 0 atom stereocenters. The van der Waals surface area contributed by atoms with Gasteiger partial charge in [-0.1, -0.05) is 41.4 Å². The molecule has 0 saturated heterocycles. The third-order valence-electron chi connectivity index (χ3n) is 6.49. The summed E-state index contributed by atoms with van der Waals surface area (Å²) in [5.41, 5.74) is 3.32. The van der Waals surface area contributed by atoms with E-state index in [-0.39, 0.29) is 17.3 Å². The summed E-state index contributed by atoms with van der Waals surface area (Å²) in [5, 5.41) is 3.69. The Kier molecular flexibility index (Phi) is 8.02. The second-order valence-corrected chi connectivity index (χ2v) is 9.99. The Morgan fingerprint density at radius 1 is 1.12 bits per heavy atom. The normalized spacial score (nSPS) is 14.1. The largest absolute Gasteiger partial charge is 0.573 e. The Hall–Kier alpha value is -3.60. The SMILES string of the molecule is O=C(NCc1ccnc(Cl)c1)n1c2c(c3cc(OC(F)(F)F)ccc31)CN(C/C=C/c1ccc(Cl)c(F)c1)CC2. The van der Waals surface area contributed by atoms with Gasteiger partial charge in [0.2, 0.25) is 0 Å². The predicted molar refractivity (Wildman–Crippen MR) is 145 cm³/mol. The quantitative estimate of drug-likeness (QED) is 0.190. The van der Waals surface area contributed by atoms with Crippen LogP contribution in [0.2, 0.25) is 10.2 Å². The van der Waals surface area contributed by atoms with Crippen LogP contribution in [0.4, 0.5) is 22.4 Å². The number of ether oxygens (including phenoxy) is 1. The van der Waals surface area contributed by atoms with Gasteiger partial charge >= 0.3 is 12.4 Å². The molecule has 2 aromatic carbocycles. The van der Waals surface area contributed by atoms with E-state index in [2.05, 4.69) is 19.9 Å². The molecule has 0 fully saturated rings. The number of benzene rings is 2. The van der Waals surface area contributed by atoms with Gasteiger partial charge < -0.3 is 10.1 Å². The van der Waals surface area contributed by atoms with Gasteiger partial charge in [0.15, 0.2) is 0 Å². The molecular formula is C28H22Cl2F4N4O2. The summed E-state index contributed by atoms with van der Waals surface area (Å²) in [6, 6.07) is 11.4. The Bertz CT molecular complexity index is 1600. The van der Waals surface area contributed by atoms with Gasteiger partial charge in [-0.15, -0.1) is 13.2 Å². The summed E-state index contributed by atoms with van der Waals surface area (Å²) in [4.78, 5) is 19.4. The fourth-order valence-corrected chi connectivity index (χ4v) is 5.06. The smallest absolute Gasteiger partial charge is 0.406 e. The maximum Gasteiger partial charge on any atom is 0.573 e. The monoisotopic (exact) mass is 592 g/mol. The van der Waals surface area contributed by atoms with Crippen molar-refractivity contribution >= 4 is 46.2 Å². The third-order valence-corrected chi connectivity index (χ3v) is 7.00. The molecule has 0 spiro atoms. The summed E-state index contributed by atoms with van der Waals surface area (Å²) in [7, 11) is 0. The van der Waals surface area contributed by atoms with E-state index in [1.165, 1.54) is 41.1 Å². The number of amides is 1. The first-order valence-corrected chi connectivity index (χ1v) is 13.0. The van der Waals surface area contributed by atoms with Crippen LogP contribution in [0.25, 0.3) is 17.0 Å². The van der Waals surface area contributed by atoms with Crippen molar-refractivity contribution in [3.8, 4) is 5.75 Å². The van der Waals surface area contributed by atoms with Crippen molar-refractivity contribution in [2.24, 2.45) is 0 Å². The molecule has 4 aromatic rings. The minimum Gasteiger partial charge on any atom is -0.406 e. The van der Waals surface area contributed by atoms with Crippen molar-refractivity contribution in [3.05, 3.63) is 99.2 Å². The van der Waals surface area contributed by atoms with E-state index < -0.39 is 18.2 Å². The second-order valence-electron chi connectivity index (χ2n) is 9.19. The molecule has 0 bridgehead atoms. The Balaban J connectivity index is 1.42. The third kappa shape index (κ3) is 6.41. The summed E-state index contributed by atoms with van der Waals surface area (Å²) in [6.45, 7) is 1.68. The highest BCUT2D eigenvalue weighted by Crippen LogP contribution is 2.35. The lowest BCUT2D eigenvalue weighted by atomic mass is 10.0. The first-order valence-electron chi connectivity index (χ1n) is 12.2. The number of rotatable bonds is 6. The highest BCUT2D eigenvalue weighted by atomic mass is 35.5. The number of hydrogen-bond acceptors (Lipinski definition) is 4. The number of carbonyl (C=O) groups is 1. The average molecular weight is 593 g/mol. The van der Waals surface area contributed by atoms with Crippen molar-refractivity contribution in [2.75, 3.05) is 13.1 Å². The zero-order valence-electron chi connectivity index (χ0n) is 20.8. The highest BCUT2D eigenvalue weighted by molar-refractivity contribution is 6.30. The van der Waals surface area contributed by atoms with E-state index in [4.69, 9.17) is 23.2 Å². The molecule has 208 valence electrons. The number of nitrogens with zero attached hydrogens (tertiary/aromatic N) is 3. The number of halogens is 6. The number of hydrogen-bond donors (Lipinski definition) is 1. The van der Waals surface area contributed by atoms with Gasteiger partial charge in [-0.25, -0.2) is 14.2 Å². The van der Waals surface area contributed by atoms with Crippen LogP contribution in [0.3, 0.4) is 0 Å². The molecule has 0 unspecified atom stereocenters. The minimum absolute atomic E-state index is 0.0413. The van der Waals surface area contributed by atoms with Crippen molar-refractivity contribution in [1.29, 1.82) is 0 Å². The highest BCUT2D eigenvalue weighted by Gasteiger charge is 2.32. The lowest BCUT2D eigenvalue weighted by Crippen LogP contribution is -2.34. The molecule has 1 aliphatic rings. The molecule has 1 aliphatic heterocycles. The number of carbonyl (C=O) groups excluding carboxylic acids is 1. The maximum atomic E-state index is 13.7. The molecule has 1 amide bonds. The minimum atomic E-state index is -4.85. The van der Waals surface area contributed by atoms with Crippen molar-refractivity contribution in [3.63, 3.8) is 0 Å².